The lowest BCUT2D eigenvalue weighted by Crippen LogP contribution is -2.28. The summed E-state index contributed by atoms with van der Waals surface area (Å²) >= 11 is 0. The molecule has 1 fully saturated rings. The Balaban J connectivity index is 1.88. The lowest BCUT2D eigenvalue weighted by molar-refractivity contribution is -0.122. The van der Waals surface area contributed by atoms with E-state index in [1.54, 1.807) is 0 Å². The first-order chi connectivity index (χ1) is 9.20. The minimum atomic E-state index is 0.0765. The zero-order valence-corrected chi connectivity index (χ0v) is 11.7. The molecule has 0 radical (unpaired) electrons. The molecule has 0 aliphatic heterocycles. The highest BCUT2D eigenvalue weighted by Crippen LogP contribution is 2.27. The molecule has 104 valence electrons. The van der Waals surface area contributed by atoms with Gasteiger partial charge in [0.2, 0.25) is 5.91 Å². The molecule has 0 unspecified atom stereocenters. The molecule has 1 amide bonds. The first-order valence-corrected chi connectivity index (χ1v) is 7.06. The van der Waals surface area contributed by atoms with Crippen LogP contribution in [0, 0.1) is 5.92 Å². The van der Waals surface area contributed by atoms with Crippen LogP contribution in [0.3, 0.4) is 0 Å². The van der Waals surface area contributed by atoms with Crippen molar-refractivity contribution >= 4 is 17.5 Å². The number of carbonyl (C=O) groups is 1. The average Bonchev–Trinajstić information content (AvgIpc) is 2.34. The Morgan fingerprint density at radius 1 is 1.42 bits per heavy atom. The van der Waals surface area contributed by atoms with E-state index in [4.69, 9.17) is 0 Å². The fourth-order valence-electron chi connectivity index (χ4n) is 2.00. The van der Waals surface area contributed by atoms with Crippen LogP contribution in [0.2, 0.25) is 0 Å². The van der Waals surface area contributed by atoms with Crippen molar-refractivity contribution in [1.29, 1.82) is 0 Å². The van der Waals surface area contributed by atoms with Gasteiger partial charge in [0.15, 0.2) is 11.6 Å². The van der Waals surface area contributed by atoms with Gasteiger partial charge in [-0.25, -0.2) is 0 Å². The Kier molecular flexibility index (Phi) is 4.71. The third-order valence-electron chi connectivity index (χ3n) is 3.62. The maximum absolute atomic E-state index is 11.8. The molecule has 2 rings (SSSR count). The number of rotatable bonds is 6. The molecule has 1 aromatic heterocycles. The van der Waals surface area contributed by atoms with Crippen molar-refractivity contribution in [2.24, 2.45) is 5.92 Å². The number of carbonyl (C=O) groups excluding carboxylic acids is 1. The van der Waals surface area contributed by atoms with Crippen LogP contribution in [0.1, 0.15) is 39.0 Å². The Hall–Kier alpha value is -1.65. The van der Waals surface area contributed by atoms with Gasteiger partial charge in [-0.15, -0.1) is 10.2 Å². The highest BCUT2D eigenvalue weighted by Gasteiger charge is 2.25. The quantitative estimate of drug-likeness (QED) is 0.855. The monoisotopic (exact) mass is 262 g/mol. The number of anilines is 2. The molecule has 1 saturated carbocycles. The van der Waals surface area contributed by atoms with Gasteiger partial charge in [0, 0.05) is 19.5 Å². The minimum Gasteiger partial charge on any atom is -0.358 e. The number of aromatic nitrogens is 2. The van der Waals surface area contributed by atoms with Gasteiger partial charge >= 0.3 is 0 Å². The van der Waals surface area contributed by atoms with E-state index in [-0.39, 0.29) is 11.8 Å². The molecule has 0 bridgehead atoms. The maximum Gasteiger partial charge on any atom is 0.228 e. The molecule has 0 saturated heterocycles. The number of nitrogens with one attached hydrogen (secondary N) is 1. The molecule has 5 heteroatoms. The van der Waals surface area contributed by atoms with Crippen molar-refractivity contribution < 1.29 is 4.79 Å². The van der Waals surface area contributed by atoms with Crippen LogP contribution in [-0.4, -0.2) is 29.7 Å². The highest BCUT2D eigenvalue weighted by molar-refractivity contribution is 5.92. The molecular weight excluding hydrogens is 240 g/mol. The molecule has 19 heavy (non-hydrogen) atoms. The van der Waals surface area contributed by atoms with E-state index in [2.05, 4.69) is 27.3 Å². The largest absolute Gasteiger partial charge is 0.358 e. The van der Waals surface area contributed by atoms with Crippen LogP contribution in [0.15, 0.2) is 12.1 Å². The van der Waals surface area contributed by atoms with Crippen LogP contribution in [-0.2, 0) is 4.79 Å². The second kappa shape index (κ2) is 6.50. The van der Waals surface area contributed by atoms with E-state index < -0.39 is 0 Å². The Bertz CT molecular complexity index is 414. The van der Waals surface area contributed by atoms with Crippen LogP contribution in [0.25, 0.3) is 0 Å². The van der Waals surface area contributed by atoms with Crippen molar-refractivity contribution in [1.82, 2.24) is 10.2 Å². The van der Waals surface area contributed by atoms with E-state index in [0.29, 0.717) is 5.82 Å². The fourth-order valence-corrected chi connectivity index (χ4v) is 2.00. The van der Waals surface area contributed by atoms with Crippen LogP contribution >= 0.6 is 0 Å². The fraction of sp³-hybridized carbons (Fsp3) is 0.643. The van der Waals surface area contributed by atoms with Gasteiger partial charge in [0.1, 0.15) is 0 Å². The molecule has 5 nitrogen and oxygen atoms in total. The van der Waals surface area contributed by atoms with E-state index in [9.17, 15) is 4.79 Å². The van der Waals surface area contributed by atoms with Gasteiger partial charge in [0.05, 0.1) is 0 Å². The summed E-state index contributed by atoms with van der Waals surface area (Å²) < 4.78 is 0. The Labute approximate surface area is 114 Å². The van der Waals surface area contributed by atoms with E-state index in [0.717, 1.165) is 44.5 Å². The predicted octanol–water partition coefficient (Wildman–Crippen LogP) is 2.45. The summed E-state index contributed by atoms with van der Waals surface area (Å²) in [4.78, 5) is 13.8. The number of nitrogens with zero attached hydrogens (tertiary/aromatic N) is 3. The lowest BCUT2D eigenvalue weighted by Gasteiger charge is -2.23. The third kappa shape index (κ3) is 3.66. The van der Waals surface area contributed by atoms with Crippen molar-refractivity contribution in [3.05, 3.63) is 12.1 Å². The second-order valence-electron chi connectivity index (χ2n) is 5.17. The SMILES string of the molecule is CCCCN(C)c1ccc(NC(=O)C2CCC2)nn1. The molecule has 0 aromatic carbocycles. The highest BCUT2D eigenvalue weighted by atomic mass is 16.2. The van der Waals surface area contributed by atoms with Crippen LogP contribution in [0.5, 0.6) is 0 Å². The topological polar surface area (TPSA) is 58.1 Å². The lowest BCUT2D eigenvalue weighted by atomic mass is 9.85. The smallest absolute Gasteiger partial charge is 0.228 e. The summed E-state index contributed by atoms with van der Waals surface area (Å²) in [5, 5.41) is 11.0. The minimum absolute atomic E-state index is 0.0765. The summed E-state index contributed by atoms with van der Waals surface area (Å²) in [6, 6.07) is 3.72. The van der Waals surface area contributed by atoms with Crippen molar-refractivity contribution in [2.45, 2.75) is 39.0 Å². The Morgan fingerprint density at radius 2 is 2.21 bits per heavy atom. The van der Waals surface area contributed by atoms with Gasteiger partial charge in [-0.2, -0.15) is 0 Å². The summed E-state index contributed by atoms with van der Waals surface area (Å²) in [6.45, 7) is 3.14. The number of unbranched alkanes of at least 4 members (excludes halogenated alkanes) is 1. The zero-order valence-electron chi connectivity index (χ0n) is 11.7. The summed E-state index contributed by atoms with van der Waals surface area (Å²) in [7, 11) is 2.01. The average molecular weight is 262 g/mol. The van der Waals surface area contributed by atoms with Crippen LogP contribution < -0.4 is 10.2 Å². The molecule has 1 heterocycles. The summed E-state index contributed by atoms with van der Waals surface area (Å²) in [5.74, 6) is 1.64. The van der Waals surface area contributed by atoms with E-state index >= 15 is 0 Å². The molecule has 0 atom stereocenters. The van der Waals surface area contributed by atoms with Crippen molar-refractivity contribution in [3.8, 4) is 0 Å². The summed E-state index contributed by atoms with van der Waals surface area (Å²) in [6.07, 6.45) is 5.45. The zero-order chi connectivity index (χ0) is 13.7. The Morgan fingerprint density at radius 3 is 2.74 bits per heavy atom. The molecule has 0 spiro atoms. The summed E-state index contributed by atoms with van der Waals surface area (Å²) in [5.41, 5.74) is 0. The number of hydrogen-bond donors (Lipinski definition) is 1. The van der Waals surface area contributed by atoms with Gasteiger partial charge in [-0.1, -0.05) is 19.8 Å². The molecule has 1 N–H and O–H groups in total. The molecule has 1 aliphatic carbocycles. The van der Waals surface area contributed by atoms with Crippen molar-refractivity contribution in [2.75, 3.05) is 23.8 Å². The van der Waals surface area contributed by atoms with E-state index in [1.165, 1.54) is 0 Å². The van der Waals surface area contributed by atoms with Crippen molar-refractivity contribution in [3.63, 3.8) is 0 Å². The maximum atomic E-state index is 11.8. The first-order valence-electron chi connectivity index (χ1n) is 7.06. The van der Waals surface area contributed by atoms with E-state index in [1.807, 2.05) is 19.2 Å². The normalized spacial score (nSPS) is 14.8. The second-order valence-corrected chi connectivity index (χ2v) is 5.17. The predicted molar refractivity (Wildman–Crippen MR) is 76.2 cm³/mol. The molecule has 1 aliphatic rings. The standard InChI is InChI=1S/C14H22N4O/c1-3-4-10-18(2)13-9-8-12(16-17-13)15-14(19)11-6-5-7-11/h8-9,11H,3-7,10H2,1-2H3,(H,15,16,19). The molecule has 1 aromatic rings. The first kappa shape index (κ1) is 13.8. The van der Waals surface area contributed by atoms with Gasteiger partial charge < -0.3 is 10.2 Å². The van der Waals surface area contributed by atoms with Gasteiger partial charge in [-0.3, -0.25) is 4.79 Å². The number of hydrogen-bond acceptors (Lipinski definition) is 4. The number of amides is 1. The van der Waals surface area contributed by atoms with Gasteiger partial charge in [-0.05, 0) is 31.4 Å². The molecular formula is C14H22N4O. The third-order valence-corrected chi connectivity index (χ3v) is 3.62. The van der Waals surface area contributed by atoms with Crippen LogP contribution in [0.4, 0.5) is 11.6 Å². The van der Waals surface area contributed by atoms with Gasteiger partial charge in [0.25, 0.3) is 0 Å².